The fraction of sp³-hybridized carbons (Fsp3) is 0.263. The number of ether oxygens (including phenoxy) is 1. The molecule has 0 bridgehead atoms. The molecular formula is C19H20FN3O3. The van der Waals surface area contributed by atoms with Crippen molar-refractivity contribution < 1.29 is 18.8 Å². The zero-order chi connectivity index (χ0) is 18.7. The summed E-state index contributed by atoms with van der Waals surface area (Å²) in [6.07, 6.45) is -0.0126. The van der Waals surface area contributed by atoms with Gasteiger partial charge in [-0.3, -0.25) is 4.79 Å². The molecule has 1 aliphatic heterocycles. The Morgan fingerprint density at radius 2 is 2.08 bits per heavy atom. The van der Waals surface area contributed by atoms with E-state index in [1.165, 1.54) is 23.3 Å². The van der Waals surface area contributed by atoms with Gasteiger partial charge in [-0.05, 0) is 37.3 Å². The minimum absolute atomic E-state index is 0.0126. The molecule has 7 heteroatoms. The molecule has 1 aliphatic rings. The summed E-state index contributed by atoms with van der Waals surface area (Å²) < 4.78 is 18.5. The summed E-state index contributed by atoms with van der Waals surface area (Å²) in [7, 11) is 3.32. The van der Waals surface area contributed by atoms with Gasteiger partial charge < -0.3 is 10.1 Å². The first-order valence-corrected chi connectivity index (χ1v) is 8.11. The van der Waals surface area contributed by atoms with Crippen LogP contribution in [-0.4, -0.2) is 36.7 Å². The van der Waals surface area contributed by atoms with Crippen LogP contribution in [-0.2, 0) is 9.63 Å². The van der Waals surface area contributed by atoms with E-state index in [1.54, 1.807) is 27.1 Å². The van der Waals surface area contributed by atoms with Gasteiger partial charge in [0.1, 0.15) is 11.6 Å². The number of hydroxylamine groups is 2. The predicted molar refractivity (Wildman–Crippen MR) is 96.4 cm³/mol. The van der Waals surface area contributed by atoms with Gasteiger partial charge in [0.15, 0.2) is 11.6 Å². The van der Waals surface area contributed by atoms with E-state index in [4.69, 9.17) is 9.57 Å². The van der Waals surface area contributed by atoms with Gasteiger partial charge in [0.2, 0.25) is 5.91 Å². The van der Waals surface area contributed by atoms with Gasteiger partial charge in [-0.2, -0.15) is 0 Å². The molecule has 0 spiro atoms. The number of methoxy groups -OCH3 is 1. The van der Waals surface area contributed by atoms with Crippen molar-refractivity contribution in [2.24, 2.45) is 4.99 Å². The van der Waals surface area contributed by atoms with Crippen molar-refractivity contribution in [1.29, 1.82) is 0 Å². The van der Waals surface area contributed by atoms with Gasteiger partial charge in [0.05, 0.1) is 13.5 Å². The molecule has 3 rings (SSSR count). The topological polar surface area (TPSA) is 63.2 Å². The number of aliphatic imine (C=N–C) groups is 1. The fourth-order valence-corrected chi connectivity index (χ4v) is 2.80. The van der Waals surface area contributed by atoms with Crippen LogP contribution in [0.15, 0.2) is 53.5 Å². The molecule has 0 saturated heterocycles. The zero-order valence-electron chi connectivity index (χ0n) is 14.8. The van der Waals surface area contributed by atoms with E-state index in [0.717, 1.165) is 5.56 Å². The summed E-state index contributed by atoms with van der Waals surface area (Å²) >= 11 is 0. The molecule has 0 fully saturated rings. The molecule has 6 nitrogen and oxygen atoms in total. The molecule has 26 heavy (non-hydrogen) atoms. The maximum absolute atomic E-state index is 13.2. The average molecular weight is 357 g/mol. The molecule has 136 valence electrons. The summed E-state index contributed by atoms with van der Waals surface area (Å²) in [4.78, 5) is 22.7. The van der Waals surface area contributed by atoms with Crippen LogP contribution in [0.4, 0.5) is 10.1 Å². The van der Waals surface area contributed by atoms with Crippen LogP contribution in [0.25, 0.3) is 0 Å². The minimum Gasteiger partial charge on any atom is -0.497 e. The van der Waals surface area contributed by atoms with E-state index in [-0.39, 0.29) is 12.3 Å². The van der Waals surface area contributed by atoms with Crippen LogP contribution in [0.2, 0.25) is 0 Å². The van der Waals surface area contributed by atoms with Gasteiger partial charge in [-0.1, -0.05) is 18.2 Å². The highest BCUT2D eigenvalue weighted by Crippen LogP contribution is 2.29. The number of rotatable bonds is 5. The summed E-state index contributed by atoms with van der Waals surface area (Å²) in [5.74, 6) is 0.576. The number of amides is 1. The second kappa shape index (κ2) is 7.13. The lowest BCUT2D eigenvalue weighted by atomic mass is 10.1. The number of hydrogen-bond donors (Lipinski definition) is 1. The number of halogens is 1. The van der Waals surface area contributed by atoms with Gasteiger partial charge in [-0.15, -0.1) is 0 Å². The van der Waals surface area contributed by atoms with Crippen molar-refractivity contribution in [3.05, 3.63) is 59.9 Å². The van der Waals surface area contributed by atoms with E-state index in [2.05, 4.69) is 10.3 Å². The maximum atomic E-state index is 13.2. The summed E-state index contributed by atoms with van der Waals surface area (Å²) in [6, 6.07) is 13.2. The van der Waals surface area contributed by atoms with Crippen LogP contribution in [0.5, 0.6) is 5.75 Å². The monoisotopic (exact) mass is 357 g/mol. The quantitative estimate of drug-likeness (QED) is 0.893. The number of nitrogens with one attached hydrogen (secondary N) is 1. The van der Waals surface area contributed by atoms with Crippen LogP contribution in [0.3, 0.4) is 0 Å². The molecule has 1 N–H and O–H groups in total. The molecule has 0 aromatic heterocycles. The third kappa shape index (κ3) is 4.00. The van der Waals surface area contributed by atoms with Gasteiger partial charge in [0.25, 0.3) is 0 Å². The molecule has 1 atom stereocenters. The zero-order valence-corrected chi connectivity index (χ0v) is 14.8. The standard InChI is InChI=1S/C19H20FN3O3/c1-19(12-17(24)21-15-8-5-7-14(20)11-15)22-18(23(2)26-19)13-6-4-9-16(10-13)25-3/h4-11H,12H2,1-3H3,(H,21,24). The summed E-state index contributed by atoms with van der Waals surface area (Å²) in [6.45, 7) is 1.72. The third-order valence-electron chi connectivity index (χ3n) is 3.90. The molecule has 2 aromatic rings. The van der Waals surface area contributed by atoms with Crippen molar-refractivity contribution in [3.8, 4) is 5.75 Å². The molecule has 0 aliphatic carbocycles. The lowest BCUT2D eigenvalue weighted by Crippen LogP contribution is -2.32. The number of carbonyl (C=O) groups is 1. The first kappa shape index (κ1) is 17.9. The third-order valence-corrected chi connectivity index (χ3v) is 3.90. The molecular weight excluding hydrogens is 337 g/mol. The highest BCUT2D eigenvalue weighted by atomic mass is 19.1. The summed E-state index contributed by atoms with van der Waals surface area (Å²) in [5.41, 5.74) is 0.160. The molecule has 1 amide bonds. The van der Waals surface area contributed by atoms with Crippen LogP contribution in [0, 0.1) is 5.82 Å². The van der Waals surface area contributed by atoms with Crippen LogP contribution in [0.1, 0.15) is 18.9 Å². The predicted octanol–water partition coefficient (Wildman–Crippen LogP) is 3.20. The van der Waals surface area contributed by atoms with E-state index >= 15 is 0 Å². The van der Waals surface area contributed by atoms with Crippen molar-refractivity contribution in [2.75, 3.05) is 19.5 Å². The van der Waals surface area contributed by atoms with Crippen LogP contribution < -0.4 is 10.1 Å². The number of amidine groups is 1. The average Bonchev–Trinajstić information content (AvgIpc) is 2.89. The minimum atomic E-state index is -1.05. The Labute approximate surface area is 151 Å². The Hall–Kier alpha value is -2.93. The molecule has 0 radical (unpaired) electrons. The second-order valence-electron chi connectivity index (χ2n) is 6.17. The van der Waals surface area contributed by atoms with Crippen molar-refractivity contribution >= 4 is 17.4 Å². The Morgan fingerprint density at radius 1 is 1.31 bits per heavy atom. The van der Waals surface area contributed by atoms with Crippen molar-refractivity contribution in [1.82, 2.24) is 5.06 Å². The highest BCUT2D eigenvalue weighted by molar-refractivity contribution is 6.00. The van der Waals surface area contributed by atoms with E-state index in [9.17, 15) is 9.18 Å². The largest absolute Gasteiger partial charge is 0.497 e. The maximum Gasteiger partial charge on any atom is 0.229 e. The lowest BCUT2D eigenvalue weighted by molar-refractivity contribution is -0.164. The number of benzene rings is 2. The van der Waals surface area contributed by atoms with Gasteiger partial charge in [-0.25, -0.2) is 19.3 Å². The van der Waals surface area contributed by atoms with Crippen LogP contribution >= 0.6 is 0 Å². The number of anilines is 1. The Kier molecular flexibility index (Phi) is 4.90. The first-order valence-electron chi connectivity index (χ1n) is 8.11. The molecule has 2 aromatic carbocycles. The Bertz CT molecular complexity index is 855. The van der Waals surface area contributed by atoms with E-state index in [1.807, 2.05) is 24.3 Å². The molecule has 1 unspecified atom stereocenters. The van der Waals surface area contributed by atoms with Crippen molar-refractivity contribution in [2.45, 2.75) is 19.1 Å². The normalized spacial score (nSPS) is 19.2. The summed E-state index contributed by atoms with van der Waals surface area (Å²) in [5, 5.41) is 4.19. The fourth-order valence-electron chi connectivity index (χ4n) is 2.80. The Balaban J connectivity index is 1.75. The highest BCUT2D eigenvalue weighted by Gasteiger charge is 2.38. The van der Waals surface area contributed by atoms with Gasteiger partial charge in [0, 0.05) is 18.3 Å². The molecule has 0 saturated carbocycles. The smallest absolute Gasteiger partial charge is 0.229 e. The molecule has 1 heterocycles. The number of carbonyl (C=O) groups excluding carboxylic acids is 1. The Morgan fingerprint density at radius 3 is 2.81 bits per heavy atom. The SMILES string of the molecule is COc1cccc(C2=NC(C)(CC(=O)Nc3cccc(F)c3)ON2C)c1. The first-order chi connectivity index (χ1) is 12.4. The second-order valence-corrected chi connectivity index (χ2v) is 6.17. The van der Waals surface area contributed by atoms with E-state index < -0.39 is 11.5 Å². The van der Waals surface area contributed by atoms with Gasteiger partial charge >= 0.3 is 0 Å². The number of hydrogen-bond acceptors (Lipinski definition) is 5. The lowest BCUT2D eigenvalue weighted by Gasteiger charge is -2.21. The van der Waals surface area contributed by atoms with E-state index in [0.29, 0.717) is 17.3 Å². The van der Waals surface area contributed by atoms with Crippen molar-refractivity contribution in [3.63, 3.8) is 0 Å². The number of nitrogens with zero attached hydrogens (tertiary/aromatic N) is 2.